The predicted molar refractivity (Wildman–Crippen MR) is 127 cm³/mol. The summed E-state index contributed by atoms with van der Waals surface area (Å²) in [5, 5.41) is 12.0. The van der Waals surface area contributed by atoms with Gasteiger partial charge in [-0.25, -0.2) is 9.78 Å². The minimum Gasteiger partial charge on any atom is -0.481 e. The Morgan fingerprint density at radius 2 is 2.00 bits per heavy atom. The molecule has 0 bridgehead atoms. The number of carbonyl (C=O) groups excluding carboxylic acids is 1. The van der Waals surface area contributed by atoms with Crippen LogP contribution in [0, 0.1) is 5.92 Å². The molecule has 6 nitrogen and oxygen atoms in total. The van der Waals surface area contributed by atoms with Gasteiger partial charge in [-0.3, -0.25) is 10.1 Å². The molecule has 0 radical (unpaired) electrons. The Kier molecular flexibility index (Phi) is 9.24. The summed E-state index contributed by atoms with van der Waals surface area (Å²) in [6.45, 7) is 2.62. The zero-order valence-electron chi connectivity index (χ0n) is 18.8. The molecule has 0 saturated heterocycles. The number of carboxylic acid groups (broad SMARTS) is 1. The van der Waals surface area contributed by atoms with Crippen molar-refractivity contribution < 1.29 is 27.9 Å². The molecule has 0 aliphatic heterocycles. The van der Waals surface area contributed by atoms with Gasteiger partial charge in [0.2, 0.25) is 0 Å². The van der Waals surface area contributed by atoms with E-state index in [4.69, 9.17) is 5.11 Å². The third-order valence-electron chi connectivity index (χ3n) is 5.84. The van der Waals surface area contributed by atoms with Crippen LogP contribution in [-0.2, 0) is 17.4 Å². The summed E-state index contributed by atoms with van der Waals surface area (Å²) in [5.74, 6) is -0.404. The number of amides is 2. The normalized spacial score (nSPS) is 18.5. The van der Waals surface area contributed by atoms with Crippen LogP contribution in [0.2, 0.25) is 0 Å². The third kappa shape index (κ3) is 7.90. The Hall–Kier alpha value is -2.27. The number of nitrogens with one attached hydrogen (secondary N) is 1. The SMILES string of the molecule is C[C@H]1CC[C@H](N(CCCc2cccc(C(F)(F)F)c2)C(=O)Nc2ncc(SCC(=O)O)s2)CC1. The average Bonchev–Trinajstić information content (AvgIpc) is 3.23. The number of aryl methyl sites for hydroxylation is 1. The lowest BCUT2D eigenvalue weighted by Crippen LogP contribution is -2.45. The summed E-state index contributed by atoms with van der Waals surface area (Å²) >= 11 is 2.35. The molecule has 2 aromatic rings. The van der Waals surface area contributed by atoms with Gasteiger partial charge in [0.25, 0.3) is 0 Å². The number of benzene rings is 1. The lowest BCUT2D eigenvalue weighted by molar-refractivity contribution is -0.137. The topological polar surface area (TPSA) is 82.5 Å². The molecule has 2 amide bonds. The van der Waals surface area contributed by atoms with Gasteiger partial charge < -0.3 is 10.0 Å². The van der Waals surface area contributed by atoms with E-state index in [1.807, 2.05) is 0 Å². The van der Waals surface area contributed by atoms with Gasteiger partial charge in [-0.15, -0.1) is 11.8 Å². The molecule has 1 aromatic carbocycles. The van der Waals surface area contributed by atoms with Crippen LogP contribution in [0.15, 0.2) is 34.7 Å². The maximum absolute atomic E-state index is 13.1. The second kappa shape index (κ2) is 11.9. The monoisotopic (exact) mass is 515 g/mol. The van der Waals surface area contributed by atoms with Crippen LogP contribution in [0.4, 0.5) is 23.1 Å². The van der Waals surface area contributed by atoms with Gasteiger partial charge in [-0.1, -0.05) is 36.5 Å². The summed E-state index contributed by atoms with van der Waals surface area (Å²) in [6, 6.07) is 5.09. The van der Waals surface area contributed by atoms with Crippen LogP contribution in [0.25, 0.3) is 0 Å². The first-order valence-electron chi connectivity index (χ1n) is 11.2. The molecular formula is C23H28F3N3O3S2. The Morgan fingerprint density at radius 1 is 1.26 bits per heavy atom. The average molecular weight is 516 g/mol. The van der Waals surface area contributed by atoms with Crippen molar-refractivity contribution >= 4 is 40.2 Å². The van der Waals surface area contributed by atoms with Gasteiger partial charge in [0, 0.05) is 12.6 Å². The number of halogens is 3. The number of carbonyl (C=O) groups is 2. The van der Waals surface area contributed by atoms with Crippen molar-refractivity contribution in [1.29, 1.82) is 0 Å². The molecule has 2 N–H and O–H groups in total. The Labute approximate surface area is 204 Å². The van der Waals surface area contributed by atoms with E-state index in [0.717, 1.165) is 43.5 Å². The molecule has 3 rings (SSSR count). The molecule has 1 heterocycles. The zero-order chi connectivity index (χ0) is 24.7. The van der Waals surface area contributed by atoms with E-state index >= 15 is 0 Å². The van der Waals surface area contributed by atoms with E-state index in [1.54, 1.807) is 11.0 Å². The Bertz CT molecular complexity index is 976. The first kappa shape index (κ1) is 26.3. The van der Waals surface area contributed by atoms with Crippen molar-refractivity contribution in [2.45, 2.75) is 61.9 Å². The van der Waals surface area contributed by atoms with Crippen molar-refractivity contribution in [1.82, 2.24) is 9.88 Å². The van der Waals surface area contributed by atoms with E-state index in [-0.39, 0.29) is 17.8 Å². The molecule has 186 valence electrons. The fourth-order valence-electron chi connectivity index (χ4n) is 4.04. The highest BCUT2D eigenvalue weighted by molar-refractivity contribution is 8.01. The molecule has 34 heavy (non-hydrogen) atoms. The summed E-state index contributed by atoms with van der Waals surface area (Å²) in [4.78, 5) is 29.8. The highest BCUT2D eigenvalue weighted by Gasteiger charge is 2.31. The van der Waals surface area contributed by atoms with Crippen LogP contribution in [0.3, 0.4) is 0 Å². The molecule has 1 fully saturated rings. The number of urea groups is 1. The van der Waals surface area contributed by atoms with Crippen LogP contribution in [0.5, 0.6) is 0 Å². The van der Waals surface area contributed by atoms with Gasteiger partial charge >= 0.3 is 18.2 Å². The number of rotatable bonds is 9. The fourth-order valence-corrected chi connectivity index (χ4v) is 5.62. The first-order valence-corrected chi connectivity index (χ1v) is 13.0. The molecule has 1 aliphatic carbocycles. The van der Waals surface area contributed by atoms with Crippen molar-refractivity contribution in [2.75, 3.05) is 17.6 Å². The number of hydrogen-bond donors (Lipinski definition) is 2. The number of hydrogen-bond acceptors (Lipinski definition) is 5. The number of nitrogens with zero attached hydrogens (tertiary/aromatic N) is 2. The third-order valence-corrected chi connectivity index (χ3v) is 7.93. The minimum absolute atomic E-state index is 0.0681. The van der Waals surface area contributed by atoms with E-state index in [0.29, 0.717) is 40.2 Å². The molecule has 0 spiro atoms. The number of aliphatic carboxylic acids is 1. The maximum atomic E-state index is 13.1. The van der Waals surface area contributed by atoms with Crippen LogP contribution < -0.4 is 5.32 Å². The Morgan fingerprint density at radius 3 is 2.68 bits per heavy atom. The van der Waals surface area contributed by atoms with Crippen LogP contribution in [-0.4, -0.2) is 45.3 Å². The van der Waals surface area contributed by atoms with Crippen LogP contribution in [0.1, 0.15) is 50.2 Å². The number of thiazole rings is 1. The molecule has 1 aromatic heterocycles. The number of anilines is 1. The molecular weight excluding hydrogens is 487 g/mol. The minimum atomic E-state index is -4.38. The van der Waals surface area contributed by atoms with Gasteiger partial charge in [-0.2, -0.15) is 13.2 Å². The van der Waals surface area contributed by atoms with E-state index in [9.17, 15) is 22.8 Å². The highest BCUT2D eigenvalue weighted by Crippen LogP contribution is 2.31. The number of alkyl halides is 3. The summed E-state index contributed by atoms with van der Waals surface area (Å²) in [7, 11) is 0. The van der Waals surface area contributed by atoms with Gasteiger partial charge in [-0.05, 0) is 56.1 Å². The number of carboxylic acids is 1. The second-order valence-corrected chi connectivity index (χ2v) is 10.8. The molecule has 11 heteroatoms. The van der Waals surface area contributed by atoms with Gasteiger partial charge in [0.15, 0.2) is 5.13 Å². The smallest absolute Gasteiger partial charge is 0.416 e. The van der Waals surface area contributed by atoms with E-state index in [2.05, 4.69) is 17.2 Å². The van der Waals surface area contributed by atoms with E-state index in [1.165, 1.54) is 29.7 Å². The zero-order valence-corrected chi connectivity index (χ0v) is 20.4. The summed E-state index contributed by atoms with van der Waals surface area (Å²) < 4.78 is 39.7. The molecule has 0 atom stereocenters. The van der Waals surface area contributed by atoms with Crippen molar-refractivity contribution in [3.63, 3.8) is 0 Å². The lowest BCUT2D eigenvalue weighted by Gasteiger charge is -2.36. The standard InChI is InChI=1S/C23H28F3N3O3S2/c1-15-7-9-18(10-8-15)29(11-3-5-16-4-2-6-17(12-16)23(24,25)26)22(32)28-21-27-13-20(34-21)33-14-19(30)31/h2,4,6,12-13,15,18H,3,5,7-11,14H2,1H3,(H,30,31)(H,27,28,32)/t15-,18-. The quantitative estimate of drug-likeness (QED) is 0.379. The first-order chi connectivity index (χ1) is 16.1. The fraction of sp³-hybridized carbons (Fsp3) is 0.522. The number of aromatic nitrogens is 1. The van der Waals surface area contributed by atoms with Crippen LogP contribution >= 0.6 is 23.1 Å². The molecule has 0 unspecified atom stereocenters. The van der Waals surface area contributed by atoms with Gasteiger partial charge in [0.1, 0.15) is 0 Å². The second-order valence-electron chi connectivity index (χ2n) is 8.51. The van der Waals surface area contributed by atoms with E-state index < -0.39 is 17.7 Å². The largest absolute Gasteiger partial charge is 0.481 e. The molecule has 1 saturated carbocycles. The Balaban J connectivity index is 1.63. The molecule has 1 aliphatic rings. The lowest BCUT2D eigenvalue weighted by atomic mass is 9.86. The van der Waals surface area contributed by atoms with Crippen molar-refractivity contribution in [3.05, 3.63) is 41.6 Å². The summed E-state index contributed by atoms with van der Waals surface area (Å²) in [5.41, 5.74) is -0.0753. The van der Waals surface area contributed by atoms with Crippen molar-refractivity contribution in [2.24, 2.45) is 5.92 Å². The number of thioether (sulfide) groups is 1. The van der Waals surface area contributed by atoms with Gasteiger partial charge in [0.05, 0.1) is 21.7 Å². The predicted octanol–water partition coefficient (Wildman–Crippen LogP) is 6.38. The maximum Gasteiger partial charge on any atom is 0.416 e. The summed E-state index contributed by atoms with van der Waals surface area (Å²) in [6.07, 6.45) is 1.95. The van der Waals surface area contributed by atoms with Crippen molar-refractivity contribution in [3.8, 4) is 0 Å². The highest BCUT2D eigenvalue weighted by atomic mass is 32.2.